The maximum absolute atomic E-state index is 13.3. The standard InChI is InChI=1S/C13H17FN4O/c14-12-4-2-1-3-11(12)5-6-13(19)17-8-10-18(16)9-7-15/h1-7,9H,8,10,15-16H2,(H,17,19)/b6-5+,9-7-. The van der Waals surface area contributed by atoms with Crippen LogP contribution in [-0.4, -0.2) is 24.0 Å². The van der Waals surface area contributed by atoms with Gasteiger partial charge in [-0.05, 0) is 12.1 Å². The van der Waals surface area contributed by atoms with E-state index < -0.39 is 0 Å². The molecular weight excluding hydrogens is 247 g/mol. The van der Waals surface area contributed by atoms with E-state index in [1.165, 1.54) is 35.6 Å². The van der Waals surface area contributed by atoms with Crippen LogP contribution in [0, 0.1) is 5.82 Å². The zero-order valence-corrected chi connectivity index (χ0v) is 10.4. The highest BCUT2D eigenvalue weighted by atomic mass is 19.1. The van der Waals surface area contributed by atoms with Gasteiger partial charge in [0.05, 0.1) is 6.54 Å². The van der Waals surface area contributed by atoms with Crippen molar-refractivity contribution in [1.29, 1.82) is 0 Å². The Hall–Kier alpha value is -2.34. The van der Waals surface area contributed by atoms with E-state index in [9.17, 15) is 9.18 Å². The van der Waals surface area contributed by atoms with Crippen molar-refractivity contribution in [3.63, 3.8) is 0 Å². The topological polar surface area (TPSA) is 84.4 Å². The maximum Gasteiger partial charge on any atom is 0.244 e. The molecule has 1 rings (SSSR count). The molecule has 0 spiro atoms. The number of halogens is 1. The molecule has 1 aromatic rings. The number of hydrogen-bond donors (Lipinski definition) is 3. The number of carbonyl (C=O) groups is 1. The third-order valence-electron chi connectivity index (χ3n) is 2.27. The minimum Gasteiger partial charge on any atom is -0.403 e. The number of nitrogens with one attached hydrogen (secondary N) is 1. The SMILES string of the molecule is N/C=C\N(N)CCNC(=O)/C=C/c1ccccc1F. The first-order valence-electron chi connectivity index (χ1n) is 5.73. The first-order chi connectivity index (χ1) is 9.13. The molecule has 5 N–H and O–H groups in total. The lowest BCUT2D eigenvalue weighted by atomic mass is 10.2. The predicted octanol–water partition coefficient (Wildman–Crippen LogP) is 0.561. The summed E-state index contributed by atoms with van der Waals surface area (Å²) in [5.74, 6) is 4.82. The van der Waals surface area contributed by atoms with E-state index in [2.05, 4.69) is 5.32 Å². The maximum atomic E-state index is 13.3. The van der Waals surface area contributed by atoms with Crippen molar-refractivity contribution in [3.05, 3.63) is 54.1 Å². The second-order valence-electron chi connectivity index (χ2n) is 3.73. The van der Waals surface area contributed by atoms with E-state index in [4.69, 9.17) is 11.6 Å². The fourth-order valence-electron chi connectivity index (χ4n) is 1.33. The van der Waals surface area contributed by atoms with Crippen LogP contribution in [-0.2, 0) is 4.79 Å². The van der Waals surface area contributed by atoms with Crippen molar-refractivity contribution >= 4 is 12.0 Å². The van der Waals surface area contributed by atoms with Gasteiger partial charge in [0.15, 0.2) is 0 Å². The molecule has 19 heavy (non-hydrogen) atoms. The van der Waals surface area contributed by atoms with Gasteiger partial charge in [-0.2, -0.15) is 0 Å². The number of hydrazine groups is 1. The molecule has 0 heterocycles. The zero-order valence-electron chi connectivity index (χ0n) is 10.4. The smallest absolute Gasteiger partial charge is 0.244 e. The molecule has 0 aliphatic rings. The Bertz CT molecular complexity index is 473. The lowest BCUT2D eigenvalue weighted by Crippen LogP contribution is -2.35. The van der Waals surface area contributed by atoms with Crippen molar-refractivity contribution in [1.82, 2.24) is 10.3 Å². The lowest BCUT2D eigenvalue weighted by molar-refractivity contribution is -0.116. The Morgan fingerprint density at radius 1 is 1.42 bits per heavy atom. The first kappa shape index (κ1) is 14.7. The third-order valence-corrected chi connectivity index (χ3v) is 2.27. The van der Waals surface area contributed by atoms with Crippen LogP contribution in [0.1, 0.15) is 5.56 Å². The summed E-state index contributed by atoms with van der Waals surface area (Å²) in [4.78, 5) is 11.4. The molecule has 6 heteroatoms. The van der Waals surface area contributed by atoms with Crippen LogP contribution in [0.25, 0.3) is 6.08 Å². The largest absolute Gasteiger partial charge is 0.403 e. The average molecular weight is 264 g/mol. The Kier molecular flexibility index (Phi) is 6.11. The second-order valence-corrected chi connectivity index (χ2v) is 3.73. The quantitative estimate of drug-likeness (QED) is 0.398. The van der Waals surface area contributed by atoms with E-state index in [0.29, 0.717) is 18.7 Å². The van der Waals surface area contributed by atoms with Gasteiger partial charge in [0.2, 0.25) is 5.91 Å². The number of nitrogens with zero attached hydrogens (tertiary/aromatic N) is 1. The van der Waals surface area contributed by atoms with Crippen LogP contribution >= 0.6 is 0 Å². The van der Waals surface area contributed by atoms with Gasteiger partial charge in [-0.25, -0.2) is 10.2 Å². The van der Waals surface area contributed by atoms with Crippen molar-refractivity contribution in [3.8, 4) is 0 Å². The van der Waals surface area contributed by atoms with E-state index in [1.807, 2.05) is 0 Å². The van der Waals surface area contributed by atoms with Gasteiger partial charge in [-0.15, -0.1) is 0 Å². The van der Waals surface area contributed by atoms with Crippen LogP contribution in [0.15, 0.2) is 42.7 Å². The van der Waals surface area contributed by atoms with Crippen molar-refractivity contribution in [2.24, 2.45) is 11.6 Å². The van der Waals surface area contributed by atoms with Crippen LogP contribution in [0.3, 0.4) is 0 Å². The molecule has 0 unspecified atom stereocenters. The van der Waals surface area contributed by atoms with Crippen molar-refractivity contribution in [2.45, 2.75) is 0 Å². The monoisotopic (exact) mass is 264 g/mol. The van der Waals surface area contributed by atoms with E-state index >= 15 is 0 Å². The van der Waals surface area contributed by atoms with Gasteiger partial charge in [0.1, 0.15) is 5.82 Å². The zero-order chi connectivity index (χ0) is 14.1. The minimum atomic E-state index is -0.368. The number of hydrogen-bond acceptors (Lipinski definition) is 4. The molecule has 0 aromatic heterocycles. The minimum absolute atomic E-state index is 0.312. The Morgan fingerprint density at radius 2 is 2.16 bits per heavy atom. The van der Waals surface area contributed by atoms with Crippen molar-refractivity contribution in [2.75, 3.05) is 13.1 Å². The highest BCUT2D eigenvalue weighted by molar-refractivity contribution is 5.91. The van der Waals surface area contributed by atoms with Crippen LogP contribution in [0.5, 0.6) is 0 Å². The summed E-state index contributed by atoms with van der Waals surface area (Å²) in [5, 5.41) is 3.97. The average Bonchev–Trinajstić information content (AvgIpc) is 2.38. The van der Waals surface area contributed by atoms with Gasteiger partial charge < -0.3 is 16.1 Å². The number of rotatable bonds is 6. The molecular formula is C13H17FN4O. The van der Waals surface area contributed by atoms with Crippen LogP contribution in [0.4, 0.5) is 4.39 Å². The molecule has 0 saturated carbocycles. The molecule has 0 saturated heterocycles. The molecule has 5 nitrogen and oxygen atoms in total. The highest BCUT2D eigenvalue weighted by Crippen LogP contribution is 2.07. The normalized spacial score (nSPS) is 11.1. The fraction of sp³-hybridized carbons (Fsp3) is 0.154. The fourth-order valence-corrected chi connectivity index (χ4v) is 1.33. The summed E-state index contributed by atoms with van der Waals surface area (Å²) >= 11 is 0. The van der Waals surface area contributed by atoms with E-state index in [-0.39, 0.29) is 11.7 Å². The van der Waals surface area contributed by atoms with Gasteiger partial charge in [0, 0.05) is 30.6 Å². The number of nitrogens with two attached hydrogens (primary N) is 2. The summed E-state index contributed by atoms with van der Waals surface area (Å²) in [6, 6.07) is 6.22. The summed E-state index contributed by atoms with van der Waals surface area (Å²) in [6.07, 6.45) is 5.49. The second kappa shape index (κ2) is 7.88. The van der Waals surface area contributed by atoms with Gasteiger partial charge in [0.25, 0.3) is 0 Å². The van der Waals surface area contributed by atoms with Crippen LogP contribution in [0.2, 0.25) is 0 Å². The molecule has 0 aliphatic carbocycles. The molecule has 102 valence electrons. The molecule has 0 atom stereocenters. The summed E-state index contributed by atoms with van der Waals surface area (Å²) in [5.41, 5.74) is 5.52. The van der Waals surface area contributed by atoms with Gasteiger partial charge in [-0.3, -0.25) is 4.79 Å². The lowest BCUT2D eigenvalue weighted by Gasteiger charge is -2.12. The van der Waals surface area contributed by atoms with E-state index in [1.54, 1.807) is 18.2 Å². The predicted molar refractivity (Wildman–Crippen MR) is 72.7 cm³/mol. The molecule has 0 radical (unpaired) electrons. The van der Waals surface area contributed by atoms with E-state index in [0.717, 1.165) is 0 Å². The molecule has 0 fully saturated rings. The Balaban J connectivity index is 2.37. The third kappa shape index (κ3) is 5.69. The molecule has 1 aromatic carbocycles. The molecule has 1 amide bonds. The Labute approximate surface area is 111 Å². The molecule has 0 bridgehead atoms. The first-order valence-corrected chi connectivity index (χ1v) is 5.73. The number of amides is 1. The van der Waals surface area contributed by atoms with Crippen LogP contribution < -0.4 is 16.9 Å². The Morgan fingerprint density at radius 3 is 2.84 bits per heavy atom. The highest BCUT2D eigenvalue weighted by Gasteiger charge is 1.98. The number of benzene rings is 1. The summed E-state index contributed by atoms with van der Waals surface area (Å²) < 4.78 is 13.3. The van der Waals surface area contributed by atoms with Gasteiger partial charge >= 0.3 is 0 Å². The van der Waals surface area contributed by atoms with Gasteiger partial charge in [-0.1, -0.05) is 18.2 Å². The summed E-state index contributed by atoms with van der Waals surface area (Å²) in [6.45, 7) is 0.786. The molecule has 0 aliphatic heterocycles. The summed E-state index contributed by atoms with van der Waals surface area (Å²) in [7, 11) is 0. The number of carbonyl (C=O) groups excluding carboxylic acids is 1. The van der Waals surface area contributed by atoms with Crippen molar-refractivity contribution < 1.29 is 9.18 Å².